The number of aliphatic hydroxyl groups excluding tert-OH is 1. The Bertz CT molecular complexity index is 910. The first-order chi connectivity index (χ1) is 13.6. The van der Waals surface area contributed by atoms with Crippen LogP contribution in [0, 0.1) is 5.82 Å². The van der Waals surface area contributed by atoms with Gasteiger partial charge in [0.15, 0.2) is 0 Å². The third-order valence-corrected chi connectivity index (χ3v) is 6.10. The van der Waals surface area contributed by atoms with Gasteiger partial charge in [0.1, 0.15) is 5.82 Å². The summed E-state index contributed by atoms with van der Waals surface area (Å²) in [4.78, 5) is 2.51. The van der Waals surface area contributed by atoms with E-state index in [1.807, 2.05) is 25.1 Å². The lowest BCUT2D eigenvalue weighted by Gasteiger charge is -2.33. The highest BCUT2D eigenvalue weighted by Gasteiger charge is 2.21. The number of hydrogen-bond donors (Lipinski definition) is 1. The lowest BCUT2D eigenvalue weighted by atomic mass is 10.0. The Labute approximate surface area is 166 Å². The van der Waals surface area contributed by atoms with E-state index >= 15 is 0 Å². The molecule has 1 N–H and O–H groups in total. The molecule has 1 aromatic heterocycles. The third kappa shape index (κ3) is 4.13. The summed E-state index contributed by atoms with van der Waals surface area (Å²) in [6.45, 7) is 5.21. The number of aliphatic hydroxyl groups is 1. The Kier molecular flexibility index (Phi) is 5.79. The number of hydrogen-bond acceptors (Lipinski definition) is 2. The van der Waals surface area contributed by atoms with Crippen LogP contribution in [-0.2, 0) is 6.42 Å². The molecule has 1 fully saturated rings. The normalized spacial score (nSPS) is 17.2. The summed E-state index contributed by atoms with van der Waals surface area (Å²) in [5, 5.41) is 11.4. The van der Waals surface area contributed by atoms with E-state index in [0.29, 0.717) is 6.04 Å². The molecule has 1 atom stereocenters. The zero-order valence-corrected chi connectivity index (χ0v) is 16.5. The fourth-order valence-electron chi connectivity index (χ4n) is 4.29. The van der Waals surface area contributed by atoms with E-state index in [1.54, 1.807) is 12.1 Å². The Morgan fingerprint density at radius 2 is 1.82 bits per heavy atom. The lowest BCUT2D eigenvalue weighted by molar-refractivity contribution is 0.173. The SMILES string of the molecule is CCC(O)c1ccc2ccn(C3CCN(CCc4ccc(F)cc4)CC3)c2c1. The van der Waals surface area contributed by atoms with Crippen molar-refractivity contribution in [1.29, 1.82) is 0 Å². The molecular formula is C24H29FN2O. The number of rotatable bonds is 6. The molecule has 1 unspecified atom stereocenters. The number of piperidine rings is 1. The van der Waals surface area contributed by atoms with Crippen molar-refractivity contribution in [2.75, 3.05) is 19.6 Å². The summed E-state index contributed by atoms with van der Waals surface area (Å²) >= 11 is 0. The molecule has 2 aromatic carbocycles. The molecule has 0 aliphatic carbocycles. The summed E-state index contributed by atoms with van der Waals surface area (Å²) in [5.41, 5.74) is 3.43. The summed E-state index contributed by atoms with van der Waals surface area (Å²) in [6, 6.07) is 15.9. The van der Waals surface area contributed by atoms with E-state index in [-0.39, 0.29) is 11.9 Å². The molecule has 0 radical (unpaired) electrons. The van der Waals surface area contributed by atoms with Gasteiger partial charge in [-0.05, 0) is 66.5 Å². The Balaban J connectivity index is 1.38. The molecule has 0 saturated carbocycles. The van der Waals surface area contributed by atoms with E-state index in [0.717, 1.165) is 50.9 Å². The second-order valence-corrected chi connectivity index (χ2v) is 7.91. The van der Waals surface area contributed by atoms with Gasteiger partial charge in [-0.25, -0.2) is 4.39 Å². The highest BCUT2D eigenvalue weighted by molar-refractivity contribution is 5.81. The highest BCUT2D eigenvalue weighted by atomic mass is 19.1. The molecule has 3 nitrogen and oxygen atoms in total. The zero-order valence-electron chi connectivity index (χ0n) is 16.5. The minimum Gasteiger partial charge on any atom is -0.388 e. The van der Waals surface area contributed by atoms with Crippen molar-refractivity contribution in [3.8, 4) is 0 Å². The number of aromatic nitrogens is 1. The van der Waals surface area contributed by atoms with Crippen molar-refractivity contribution in [1.82, 2.24) is 9.47 Å². The summed E-state index contributed by atoms with van der Waals surface area (Å²) in [7, 11) is 0. The van der Waals surface area contributed by atoms with Gasteiger partial charge in [0.05, 0.1) is 6.10 Å². The van der Waals surface area contributed by atoms with E-state index in [1.165, 1.54) is 16.5 Å². The minimum atomic E-state index is -0.388. The van der Waals surface area contributed by atoms with Gasteiger partial charge in [0.25, 0.3) is 0 Å². The second-order valence-electron chi connectivity index (χ2n) is 7.91. The molecule has 1 saturated heterocycles. The Morgan fingerprint density at radius 1 is 1.07 bits per heavy atom. The van der Waals surface area contributed by atoms with Crippen LogP contribution in [0.4, 0.5) is 4.39 Å². The lowest BCUT2D eigenvalue weighted by Crippen LogP contribution is -2.35. The summed E-state index contributed by atoms with van der Waals surface area (Å²) < 4.78 is 15.4. The van der Waals surface area contributed by atoms with Crippen LogP contribution in [0.25, 0.3) is 10.9 Å². The molecular weight excluding hydrogens is 351 g/mol. The van der Waals surface area contributed by atoms with Gasteiger partial charge in [0, 0.05) is 37.4 Å². The van der Waals surface area contributed by atoms with Gasteiger partial charge in [0.2, 0.25) is 0 Å². The number of benzene rings is 2. The maximum absolute atomic E-state index is 13.0. The first kappa shape index (κ1) is 19.2. The Morgan fingerprint density at radius 3 is 2.54 bits per heavy atom. The maximum atomic E-state index is 13.0. The monoisotopic (exact) mass is 380 g/mol. The topological polar surface area (TPSA) is 28.4 Å². The van der Waals surface area contributed by atoms with Crippen LogP contribution < -0.4 is 0 Å². The van der Waals surface area contributed by atoms with Gasteiger partial charge in [-0.2, -0.15) is 0 Å². The van der Waals surface area contributed by atoms with Crippen LogP contribution in [-0.4, -0.2) is 34.2 Å². The van der Waals surface area contributed by atoms with Crippen molar-refractivity contribution >= 4 is 10.9 Å². The smallest absolute Gasteiger partial charge is 0.123 e. The van der Waals surface area contributed by atoms with E-state index in [4.69, 9.17) is 0 Å². The highest BCUT2D eigenvalue weighted by Crippen LogP contribution is 2.30. The van der Waals surface area contributed by atoms with Crippen molar-refractivity contribution in [3.05, 3.63) is 71.7 Å². The van der Waals surface area contributed by atoms with Crippen molar-refractivity contribution < 1.29 is 9.50 Å². The molecule has 0 bridgehead atoms. The van der Waals surface area contributed by atoms with E-state index in [9.17, 15) is 9.50 Å². The van der Waals surface area contributed by atoms with Crippen molar-refractivity contribution in [2.24, 2.45) is 0 Å². The van der Waals surface area contributed by atoms with Gasteiger partial charge in [-0.3, -0.25) is 0 Å². The molecule has 148 valence electrons. The number of nitrogens with zero attached hydrogens (tertiary/aromatic N) is 2. The first-order valence-electron chi connectivity index (χ1n) is 10.4. The fourth-order valence-corrected chi connectivity index (χ4v) is 4.29. The van der Waals surface area contributed by atoms with Crippen LogP contribution in [0.2, 0.25) is 0 Å². The Hall–Kier alpha value is -2.17. The molecule has 1 aliphatic heterocycles. The average molecular weight is 381 g/mol. The molecule has 0 spiro atoms. The summed E-state index contributed by atoms with van der Waals surface area (Å²) in [6.07, 6.45) is 5.78. The largest absolute Gasteiger partial charge is 0.388 e. The second kappa shape index (κ2) is 8.46. The predicted molar refractivity (Wildman–Crippen MR) is 112 cm³/mol. The molecule has 0 amide bonds. The van der Waals surface area contributed by atoms with Gasteiger partial charge in [-0.15, -0.1) is 0 Å². The van der Waals surface area contributed by atoms with Crippen LogP contribution in [0.5, 0.6) is 0 Å². The molecule has 3 aromatic rings. The standard InChI is InChI=1S/C24H29FN2O/c1-2-24(28)20-6-5-19-10-16-27(23(19)17-20)22-11-14-26(15-12-22)13-9-18-3-7-21(25)8-4-18/h3-8,10,16-17,22,24,28H,2,9,11-15H2,1H3. The summed E-state index contributed by atoms with van der Waals surface area (Å²) in [5.74, 6) is -0.168. The van der Waals surface area contributed by atoms with Crippen LogP contribution >= 0.6 is 0 Å². The van der Waals surface area contributed by atoms with Crippen LogP contribution in [0.15, 0.2) is 54.7 Å². The molecule has 1 aliphatic rings. The fraction of sp³-hybridized carbons (Fsp3) is 0.417. The van der Waals surface area contributed by atoms with E-state index < -0.39 is 0 Å². The molecule has 4 rings (SSSR count). The zero-order chi connectivity index (χ0) is 19.5. The number of likely N-dealkylation sites (tertiary alicyclic amines) is 1. The third-order valence-electron chi connectivity index (χ3n) is 6.10. The molecule has 4 heteroatoms. The maximum Gasteiger partial charge on any atom is 0.123 e. The number of fused-ring (bicyclic) bond motifs is 1. The quantitative estimate of drug-likeness (QED) is 0.644. The van der Waals surface area contributed by atoms with Crippen LogP contribution in [0.3, 0.4) is 0 Å². The van der Waals surface area contributed by atoms with Gasteiger partial charge in [-0.1, -0.05) is 31.2 Å². The van der Waals surface area contributed by atoms with Gasteiger partial charge < -0.3 is 14.6 Å². The van der Waals surface area contributed by atoms with Crippen molar-refractivity contribution in [3.63, 3.8) is 0 Å². The first-order valence-corrected chi connectivity index (χ1v) is 10.4. The van der Waals surface area contributed by atoms with Crippen LogP contribution in [0.1, 0.15) is 49.5 Å². The average Bonchev–Trinajstić information content (AvgIpc) is 3.16. The molecule has 28 heavy (non-hydrogen) atoms. The molecule has 2 heterocycles. The minimum absolute atomic E-state index is 0.168. The predicted octanol–water partition coefficient (Wildman–Crippen LogP) is 5.10. The van der Waals surface area contributed by atoms with E-state index in [2.05, 4.69) is 33.9 Å². The van der Waals surface area contributed by atoms with Gasteiger partial charge >= 0.3 is 0 Å². The number of halogens is 1. The van der Waals surface area contributed by atoms with Crippen molar-refractivity contribution in [2.45, 2.75) is 44.8 Å².